The molecule has 1 aromatic rings. The van der Waals surface area contributed by atoms with E-state index in [0.29, 0.717) is 30.8 Å². The lowest BCUT2D eigenvalue weighted by Crippen LogP contribution is -2.31. The molecule has 1 atom stereocenters. The van der Waals surface area contributed by atoms with Crippen molar-refractivity contribution >= 4 is 5.91 Å². The van der Waals surface area contributed by atoms with Gasteiger partial charge in [0.25, 0.3) is 5.91 Å². The maximum absolute atomic E-state index is 13.8. The number of rotatable bonds is 6. The van der Waals surface area contributed by atoms with E-state index in [9.17, 15) is 9.18 Å². The van der Waals surface area contributed by atoms with Gasteiger partial charge in [-0.2, -0.15) is 5.26 Å². The maximum atomic E-state index is 13.8. The van der Waals surface area contributed by atoms with Gasteiger partial charge in [-0.3, -0.25) is 15.1 Å². The first kappa shape index (κ1) is 16.1. The van der Waals surface area contributed by atoms with Crippen LogP contribution < -0.4 is 11.3 Å². The number of nitrogens with two attached hydrogens (primary N) is 1. The Morgan fingerprint density at radius 2 is 2.30 bits per heavy atom. The van der Waals surface area contributed by atoms with Gasteiger partial charge in [0, 0.05) is 24.2 Å². The van der Waals surface area contributed by atoms with Crippen LogP contribution in [0.3, 0.4) is 0 Å². The third-order valence-corrected chi connectivity index (χ3v) is 3.03. The molecule has 1 rings (SSSR count). The van der Waals surface area contributed by atoms with Crippen molar-refractivity contribution < 1.29 is 9.18 Å². The van der Waals surface area contributed by atoms with Gasteiger partial charge in [-0.05, 0) is 31.7 Å². The topological polar surface area (TPSA) is 82.2 Å². The molecular formula is C14H19FN4O. The zero-order valence-corrected chi connectivity index (χ0v) is 11.7. The number of nitrogen functional groups attached to an aromatic ring is 1. The maximum Gasteiger partial charge on any atom is 0.265 e. The number of benzene rings is 1. The van der Waals surface area contributed by atoms with Crippen molar-refractivity contribution in [2.24, 2.45) is 11.8 Å². The number of carbonyl (C=O) groups excluding carboxylic acids is 1. The Hall–Kier alpha value is -1.97. The Balaban J connectivity index is 2.89. The average molecular weight is 278 g/mol. The summed E-state index contributed by atoms with van der Waals surface area (Å²) in [6, 6.07) is 6.27. The Kier molecular flexibility index (Phi) is 6.10. The summed E-state index contributed by atoms with van der Waals surface area (Å²) in [5.74, 6) is 4.10. The number of halogens is 1. The van der Waals surface area contributed by atoms with Crippen LogP contribution in [0.5, 0.6) is 0 Å². The number of nitrogens with zero attached hydrogens (tertiary/aromatic N) is 2. The number of hydrogen-bond donors (Lipinski definition) is 2. The van der Waals surface area contributed by atoms with Crippen LogP contribution in [-0.2, 0) is 6.54 Å². The molecule has 108 valence electrons. The van der Waals surface area contributed by atoms with Crippen LogP contribution in [0.1, 0.15) is 29.8 Å². The van der Waals surface area contributed by atoms with E-state index >= 15 is 0 Å². The number of nitriles is 1. The SMILES string of the molecule is CCN(Cc1cc(C(=O)NN)ccc1F)CC(C)C#N. The molecule has 0 aliphatic carbocycles. The van der Waals surface area contributed by atoms with Gasteiger partial charge in [0.05, 0.1) is 12.0 Å². The molecule has 3 N–H and O–H groups in total. The lowest BCUT2D eigenvalue weighted by molar-refractivity contribution is 0.0953. The quantitative estimate of drug-likeness (QED) is 0.468. The van der Waals surface area contributed by atoms with E-state index < -0.39 is 5.91 Å². The highest BCUT2D eigenvalue weighted by atomic mass is 19.1. The Morgan fingerprint density at radius 1 is 1.60 bits per heavy atom. The van der Waals surface area contributed by atoms with E-state index in [1.807, 2.05) is 24.2 Å². The van der Waals surface area contributed by atoms with Crippen molar-refractivity contribution in [1.82, 2.24) is 10.3 Å². The van der Waals surface area contributed by atoms with Gasteiger partial charge in [-0.1, -0.05) is 6.92 Å². The molecule has 1 amide bonds. The molecular weight excluding hydrogens is 259 g/mol. The van der Waals surface area contributed by atoms with Crippen LogP contribution in [0.15, 0.2) is 18.2 Å². The summed E-state index contributed by atoms with van der Waals surface area (Å²) in [5.41, 5.74) is 2.75. The van der Waals surface area contributed by atoms with Crippen molar-refractivity contribution in [2.75, 3.05) is 13.1 Å². The van der Waals surface area contributed by atoms with E-state index in [-0.39, 0.29) is 11.7 Å². The van der Waals surface area contributed by atoms with Crippen LogP contribution in [0, 0.1) is 23.1 Å². The van der Waals surface area contributed by atoms with Gasteiger partial charge in [-0.15, -0.1) is 0 Å². The third-order valence-electron chi connectivity index (χ3n) is 3.03. The van der Waals surface area contributed by atoms with Crippen LogP contribution in [0.25, 0.3) is 0 Å². The van der Waals surface area contributed by atoms with Crippen molar-refractivity contribution in [3.05, 3.63) is 35.1 Å². The summed E-state index contributed by atoms with van der Waals surface area (Å²) in [6.45, 7) is 5.36. The number of amides is 1. The second-order valence-corrected chi connectivity index (χ2v) is 4.64. The summed E-state index contributed by atoms with van der Waals surface area (Å²) in [7, 11) is 0. The van der Waals surface area contributed by atoms with Crippen LogP contribution in [0.2, 0.25) is 0 Å². The van der Waals surface area contributed by atoms with Crippen molar-refractivity contribution in [2.45, 2.75) is 20.4 Å². The third kappa shape index (κ3) is 4.30. The first-order chi connectivity index (χ1) is 9.51. The molecule has 0 heterocycles. The highest BCUT2D eigenvalue weighted by Gasteiger charge is 2.13. The number of hydrogen-bond acceptors (Lipinski definition) is 4. The molecule has 0 fully saturated rings. The van der Waals surface area contributed by atoms with Gasteiger partial charge in [-0.25, -0.2) is 10.2 Å². The van der Waals surface area contributed by atoms with Crippen LogP contribution in [0.4, 0.5) is 4.39 Å². The molecule has 0 bridgehead atoms. The summed E-state index contributed by atoms with van der Waals surface area (Å²) >= 11 is 0. The summed E-state index contributed by atoms with van der Waals surface area (Å²) in [4.78, 5) is 13.4. The molecule has 20 heavy (non-hydrogen) atoms. The molecule has 1 unspecified atom stereocenters. The number of nitrogens with one attached hydrogen (secondary N) is 1. The Bertz CT molecular complexity index is 512. The normalized spacial score (nSPS) is 12.0. The molecule has 0 aromatic heterocycles. The first-order valence-electron chi connectivity index (χ1n) is 6.43. The zero-order chi connectivity index (χ0) is 15.1. The van der Waals surface area contributed by atoms with E-state index in [1.165, 1.54) is 18.2 Å². The summed E-state index contributed by atoms with van der Waals surface area (Å²) < 4.78 is 13.8. The smallest absolute Gasteiger partial charge is 0.265 e. The molecule has 6 heteroatoms. The van der Waals surface area contributed by atoms with E-state index in [1.54, 1.807) is 0 Å². The molecule has 0 aliphatic heterocycles. The predicted octanol–water partition coefficient (Wildman–Crippen LogP) is 1.41. The lowest BCUT2D eigenvalue weighted by Gasteiger charge is -2.22. The minimum Gasteiger partial charge on any atom is -0.298 e. The molecule has 0 spiro atoms. The Labute approximate surface area is 118 Å². The lowest BCUT2D eigenvalue weighted by atomic mass is 10.1. The van der Waals surface area contributed by atoms with Gasteiger partial charge in [0.1, 0.15) is 5.82 Å². The summed E-state index contributed by atoms with van der Waals surface area (Å²) in [6.07, 6.45) is 0. The summed E-state index contributed by atoms with van der Waals surface area (Å²) in [5, 5.41) is 8.83. The molecule has 0 saturated carbocycles. The molecule has 1 aromatic carbocycles. The second kappa shape index (κ2) is 7.58. The van der Waals surface area contributed by atoms with Crippen LogP contribution >= 0.6 is 0 Å². The first-order valence-corrected chi connectivity index (χ1v) is 6.43. The zero-order valence-electron chi connectivity index (χ0n) is 11.7. The molecule has 0 radical (unpaired) electrons. The van der Waals surface area contributed by atoms with E-state index in [2.05, 4.69) is 6.07 Å². The molecule has 0 saturated heterocycles. The largest absolute Gasteiger partial charge is 0.298 e. The minimum absolute atomic E-state index is 0.131. The van der Waals surface area contributed by atoms with Gasteiger partial charge < -0.3 is 0 Å². The highest BCUT2D eigenvalue weighted by Crippen LogP contribution is 2.14. The highest BCUT2D eigenvalue weighted by molar-refractivity contribution is 5.93. The van der Waals surface area contributed by atoms with E-state index in [0.717, 1.165) is 0 Å². The van der Waals surface area contributed by atoms with Crippen molar-refractivity contribution in [3.63, 3.8) is 0 Å². The molecule has 5 nitrogen and oxygen atoms in total. The average Bonchev–Trinajstić information content (AvgIpc) is 2.47. The van der Waals surface area contributed by atoms with Crippen LogP contribution in [-0.4, -0.2) is 23.9 Å². The fourth-order valence-electron chi connectivity index (χ4n) is 1.89. The van der Waals surface area contributed by atoms with Gasteiger partial charge in [0.15, 0.2) is 0 Å². The fraction of sp³-hybridized carbons (Fsp3) is 0.429. The van der Waals surface area contributed by atoms with E-state index in [4.69, 9.17) is 11.1 Å². The fourth-order valence-corrected chi connectivity index (χ4v) is 1.89. The second-order valence-electron chi connectivity index (χ2n) is 4.64. The standard InChI is InChI=1S/C14H19FN4O/c1-3-19(8-10(2)7-16)9-12-6-11(14(20)18-17)4-5-13(12)15/h4-6,10H,3,8-9,17H2,1-2H3,(H,18,20). The molecule has 0 aliphatic rings. The monoisotopic (exact) mass is 278 g/mol. The number of hydrazine groups is 1. The van der Waals surface area contributed by atoms with Crippen molar-refractivity contribution in [1.29, 1.82) is 5.26 Å². The number of carbonyl (C=O) groups is 1. The van der Waals surface area contributed by atoms with Gasteiger partial charge >= 0.3 is 0 Å². The van der Waals surface area contributed by atoms with Gasteiger partial charge in [0.2, 0.25) is 0 Å². The minimum atomic E-state index is -0.459. The predicted molar refractivity (Wildman–Crippen MR) is 73.8 cm³/mol. The van der Waals surface area contributed by atoms with Crippen molar-refractivity contribution in [3.8, 4) is 6.07 Å². The Morgan fingerprint density at radius 3 is 2.85 bits per heavy atom.